The van der Waals surface area contributed by atoms with Gasteiger partial charge in [-0.15, -0.1) is 18.3 Å². The first-order valence-electron chi connectivity index (χ1n) is 2.18. The number of hydrogen-bond donors (Lipinski definition) is 1. The van der Waals surface area contributed by atoms with Crippen LogP contribution in [0.15, 0.2) is 12.7 Å². The van der Waals surface area contributed by atoms with Crippen LogP contribution in [-0.4, -0.2) is 21.7 Å². The van der Waals surface area contributed by atoms with Gasteiger partial charge in [-0.2, -0.15) is 0 Å². The van der Waals surface area contributed by atoms with Crippen LogP contribution in [0.2, 0.25) is 0 Å². The lowest BCUT2D eigenvalue weighted by Crippen LogP contribution is -1.93. The normalized spacial score (nSPS) is 8.62. The second-order valence-corrected chi connectivity index (χ2v) is 3.00. The third-order valence-corrected chi connectivity index (χ3v) is 1.83. The van der Waals surface area contributed by atoms with Crippen LogP contribution in [0.1, 0.15) is 0 Å². The fourth-order valence-electron chi connectivity index (χ4n) is 0.198. The van der Waals surface area contributed by atoms with Gasteiger partial charge in [-0.05, 0) is 0 Å². The summed E-state index contributed by atoms with van der Waals surface area (Å²) in [4.78, 5) is 0. The quantitative estimate of drug-likeness (QED) is 0.480. The third kappa shape index (κ3) is 4.30. The van der Waals surface area contributed by atoms with Crippen molar-refractivity contribution in [3.63, 3.8) is 0 Å². The maximum atomic E-state index is 8.37. The van der Waals surface area contributed by atoms with E-state index in [1.165, 1.54) is 11.8 Å². The molecule has 0 spiro atoms. The smallest absolute Gasteiger partial charge is 0.0843 e. The maximum absolute atomic E-state index is 8.37. The summed E-state index contributed by atoms with van der Waals surface area (Å²) in [6, 6.07) is 0. The Morgan fingerprint density at radius 1 is 1.88 bits per heavy atom. The predicted molar refractivity (Wildman–Crippen MR) is 42.3 cm³/mol. The van der Waals surface area contributed by atoms with Crippen molar-refractivity contribution in [3.05, 3.63) is 12.7 Å². The number of aliphatic hydroxyl groups is 1. The van der Waals surface area contributed by atoms with Crippen LogP contribution in [0.25, 0.3) is 0 Å². The van der Waals surface area contributed by atoms with Crippen molar-refractivity contribution in [3.8, 4) is 0 Å². The van der Waals surface area contributed by atoms with E-state index in [9.17, 15) is 0 Å². The van der Waals surface area contributed by atoms with Crippen LogP contribution in [-0.2, 0) is 0 Å². The molecule has 46 valence electrons. The topological polar surface area (TPSA) is 20.2 Å². The standard InChI is InChI=1S/C5H8OS2/c1-2-3-8-5(7)4-6/h2,6H,1,3-4H2. The fraction of sp³-hybridized carbons (Fsp3) is 0.400. The summed E-state index contributed by atoms with van der Waals surface area (Å²) in [5, 5.41) is 8.37. The minimum Gasteiger partial charge on any atom is -0.390 e. The Balaban J connectivity index is 3.11. The first-order valence-corrected chi connectivity index (χ1v) is 3.58. The number of rotatable bonds is 3. The summed E-state index contributed by atoms with van der Waals surface area (Å²) < 4.78 is 0.630. The molecule has 0 saturated heterocycles. The van der Waals surface area contributed by atoms with Gasteiger partial charge in [-0.25, -0.2) is 0 Å². The minimum atomic E-state index is -0.00611. The lowest BCUT2D eigenvalue weighted by Gasteiger charge is -1.91. The molecule has 0 unspecified atom stereocenters. The highest BCUT2D eigenvalue weighted by Crippen LogP contribution is 2.02. The van der Waals surface area contributed by atoms with Crippen molar-refractivity contribution in [1.82, 2.24) is 0 Å². The van der Waals surface area contributed by atoms with E-state index in [2.05, 4.69) is 18.8 Å². The molecule has 3 heteroatoms. The molecule has 0 atom stereocenters. The van der Waals surface area contributed by atoms with E-state index in [-0.39, 0.29) is 6.61 Å². The van der Waals surface area contributed by atoms with Crippen molar-refractivity contribution in [2.45, 2.75) is 0 Å². The Kier molecular flexibility index (Phi) is 5.37. The van der Waals surface area contributed by atoms with Gasteiger partial charge in [-0.1, -0.05) is 18.3 Å². The van der Waals surface area contributed by atoms with Gasteiger partial charge >= 0.3 is 0 Å². The summed E-state index contributed by atoms with van der Waals surface area (Å²) in [6.07, 6.45) is 1.76. The Morgan fingerprint density at radius 2 is 2.50 bits per heavy atom. The molecule has 0 aromatic carbocycles. The van der Waals surface area contributed by atoms with Gasteiger partial charge < -0.3 is 5.11 Å². The molecule has 0 aliphatic rings. The van der Waals surface area contributed by atoms with Gasteiger partial charge in [0, 0.05) is 5.75 Å². The van der Waals surface area contributed by atoms with E-state index in [1.54, 1.807) is 6.08 Å². The Bertz CT molecular complexity index is 90.4. The summed E-state index contributed by atoms with van der Waals surface area (Å²) in [5.74, 6) is 0.791. The lowest BCUT2D eigenvalue weighted by atomic mass is 10.8. The van der Waals surface area contributed by atoms with Crippen LogP contribution >= 0.6 is 24.0 Å². The molecular formula is C5H8OS2. The molecule has 0 heterocycles. The Hall–Kier alpha value is 0.140. The molecule has 0 fully saturated rings. The zero-order valence-electron chi connectivity index (χ0n) is 4.46. The molecule has 1 N–H and O–H groups in total. The van der Waals surface area contributed by atoms with E-state index in [1.807, 2.05) is 0 Å². The largest absolute Gasteiger partial charge is 0.390 e. The van der Waals surface area contributed by atoms with Crippen molar-refractivity contribution in [2.24, 2.45) is 0 Å². The molecule has 1 nitrogen and oxygen atoms in total. The molecule has 0 aliphatic carbocycles. The van der Waals surface area contributed by atoms with Crippen LogP contribution < -0.4 is 0 Å². The first kappa shape index (κ1) is 8.14. The Labute approximate surface area is 58.8 Å². The molecule has 0 saturated carbocycles. The average molecular weight is 148 g/mol. The highest BCUT2D eigenvalue weighted by molar-refractivity contribution is 8.23. The zero-order valence-corrected chi connectivity index (χ0v) is 6.10. The van der Waals surface area contributed by atoms with Crippen LogP contribution in [0.5, 0.6) is 0 Å². The highest BCUT2D eigenvalue weighted by atomic mass is 32.2. The van der Waals surface area contributed by atoms with Crippen molar-refractivity contribution < 1.29 is 5.11 Å². The molecular weight excluding hydrogens is 140 g/mol. The minimum absolute atomic E-state index is 0.00611. The van der Waals surface area contributed by atoms with Gasteiger partial charge in [-0.3, -0.25) is 0 Å². The molecule has 0 rings (SSSR count). The number of thioether (sulfide) groups is 1. The van der Waals surface area contributed by atoms with Gasteiger partial charge in [0.05, 0.1) is 10.8 Å². The second-order valence-electron chi connectivity index (χ2n) is 1.13. The molecule has 0 amide bonds. The molecule has 8 heavy (non-hydrogen) atoms. The predicted octanol–water partition coefficient (Wildman–Crippen LogP) is 1.23. The molecule has 0 aromatic rings. The van der Waals surface area contributed by atoms with E-state index in [0.29, 0.717) is 4.20 Å². The van der Waals surface area contributed by atoms with Gasteiger partial charge in [0.1, 0.15) is 0 Å². The van der Waals surface area contributed by atoms with Gasteiger partial charge in [0.2, 0.25) is 0 Å². The van der Waals surface area contributed by atoms with E-state index in [4.69, 9.17) is 5.11 Å². The second kappa shape index (κ2) is 5.28. The Morgan fingerprint density at radius 3 is 2.88 bits per heavy atom. The average Bonchev–Trinajstić information content (AvgIpc) is 1.83. The molecule has 0 aromatic heterocycles. The molecule has 0 aliphatic heterocycles. The van der Waals surface area contributed by atoms with E-state index in [0.717, 1.165) is 5.75 Å². The van der Waals surface area contributed by atoms with E-state index < -0.39 is 0 Å². The van der Waals surface area contributed by atoms with Gasteiger partial charge in [0.15, 0.2) is 0 Å². The van der Waals surface area contributed by atoms with Gasteiger partial charge in [0.25, 0.3) is 0 Å². The van der Waals surface area contributed by atoms with Crippen LogP contribution in [0.3, 0.4) is 0 Å². The first-order chi connectivity index (χ1) is 3.81. The van der Waals surface area contributed by atoms with Crippen LogP contribution in [0, 0.1) is 0 Å². The summed E-state index contributed by atoms with van der Waals surface area (Å²) in [7, 11) is 0. The molecule has 0 radical (unpaired) electrons. The van der Waals surface area contributed by atoms with Crippen molar-refractivity contribution >= 4 is 28.2 Å². The fourth-order valence-corrected chi connectivity index (χ4v) is 0.797. The monoisotopic (exact) mass is 148 g/mol. The summed E-state index contributed by atoms with van der Waals surface area (Å²) in [5.41, 5.74) is 0. The lowest BCUT2D eigenvalue weighted by molar-refractivity contribution is 0.362. The van der Waals surface area contributed by atoms with Crippen molar-refractivity contribution in [2.75, 3.05) is 12.4 Å². The number of hydrogen-bond acceptors (Lipinski definition) is 3. The maximum Gasteiger partial charge on any atom is 0.0843 e. The number of thiocarbonyl (C=S) groups is 1. The van der Waals surface area contributed by atoms with Crippen molar-refractivity contribution in [1.29, 1.82) is 0 Å². The highest BCUT2D eigenvalue weighted by Gasteiger charge is 1.89. The molecule has 0 bridgehead atoms. The number of aliphatic hydroxyl groups excluding tert-OH is 1. The summed E-state index contributed by atoms with van der Waals surface area (Å²) >= 11 is 6.13. The third-order valence-electron chi connectivity index (χ3n) is 0.491. The summed E-state index contributed by atoms with van der Waals surface area (Å²) in [6.45, 7) is 3.50. The van der Waals surface area contributed by atoms with E-state index >= 15 is 0 Å². The SMILES string of the molecule is C=CCSC(=S)CO. The zero-order chi connectivity index (χ0) is 6.41. The van der Waals surface area contributed by atoms with Crippen LogP contribution in [0.4, 0.5) is 0 Å².